The summed E-state index contributed by atoms with van der Waals surface area (Å²) in [5.41, 5.74) is 0. The third-order valence-electron chi connectivity index (χ3n) is 0.712. The molecule has 0 N–H and O–H groups in total. The Morgan fingerprint density at radius 2 is 0.909 bits per heavy atom. The number of alkyl halides is 6. The lowest BCUT2D eigenvalue weighted by Crippen LogP contribution is -2.52. The van der Waals surface area contributed by atoms with Gasteiger partial charge in [0.2, 0.25) is 0 Å². The summed E-state index contributed by atoms with van der Waals surface area (Å²) in [5, 5.41) is -5.48. The van der Waals surface area contributed by atoms with E-state index in [1.54, 1.807) is 30.6 Å². The van der Waals surface area contributed by atoms with Crippen molar-refractivity contribution in [3.63, 3.8) is 0 Å². The van der Waals surface area contributed by atoms with Gasteiger partial charge in [0, 0.05) is 0 Å². The predicted octanol–water partition coefficient (Wildman–Crippen LogP) is 3.42. The maximum absolute atomic E-state index is 11.6. The van der Waals surface area contributed by atoms with E-state index in [4.69, 9.17) is 0 Å². The van der Waals surface area contributed by atoms with Gasteiger partial charge in [0.25, 0.3) is 0 Å². The van der Waals surface area contributed by atoms with E-state index in [0.717, 1.165) is 0 Å². The van der Waals surface area contributed by atoms with Crippen molar-refractivity contribution >= 4 is 35.9 Å². The van der Waals surface area contributed by atoms with Gasteiger partial charge in [0.05, 0.1) is 0 Å². The Kier molecular flexibility index (Phi) is 3.11. The van der Waals surface area contributed by atoms with E-state index in [1.807, 2.05) is 0 Å². The number of hydrogen-bond acceptors (Lipinski definition) is 0. The Bertz CT molecular complexity index is 130. The van der Waals surface area contributed by atoms with Crippen LogP contribution in [-0.4, -0.2) is 16.9 Å². The van der Waals surface area contributed by atoms with Crippen LogP contribution in [0.25, 0.3) is 0 Å². The standard InChI is InChI=1S/C2Br2F6Si/c3-11(4,1(5,6)7)2(8,9)10. The minimum atomic E-state index is -5.48. The Hall–Kier alpha value is 0.757. The molecule has 11 heavy (non-hydrogen) atoms. The molecule has 9 heteroatoms. The zero-order valence-corrected chi connectivity index (χ0v) is 8.70. The highest BCUT2D eigenvalue weighted by Gasteiger charge is 2.72. The second-order valence-electron chi connectivity index (χ2n) is 1.57. The van der Waals surface area contributed by atoms with Crippen LogP contribution in [-0.2, 0) is 0 Å². The van der Waals surface area contributed by atoms with Gasteiger partial charge in [0.15, 0.2) is 0 Å². The Morgan fingerprint density at radius 1 is 0.727 bits per heavy atom. The van der Waals surface area contributed by atoms with Crippen LogP contribution < -0.4 is 0 Å². The molecule has 0 atom stereocenters. The maximum Gasteiger partial charge on any atom is 0.438 e. The molecule has 0 aliphatic rings. The van der Waals surface area contributed by atoms with E-state index in [0.29, 0.717) is 0 Å². The summed E-state index contributed by atoms with van der Waals surface area (Å²) in [6.45, 7) is 0. The Labute approximate surface area is 74.1 Å². The monoisotopic (exact) mass is 324 g/mol. The molecule has 0 nitrogen and oxygen atoms in total. The van der Waals surface area contributed by atoms with Crippen LogP contribution >= 0.6 is 30.6 Å². The highest BCUT2D eigenvalue weighted by molar-refractivity contribution is 9.51. The number of rotatable bonds is 0. The van der Waals surface area contributed by atoms with E-state index < -0.39 is 16.9 Å². The lowest BCUT2D eigenvalue weighted by Gasteiger charge is -2.22. The third kappa shape index (κ3) is 2.34. The van der Waals surface area contributed by atoms with E-state index in [1.165, 1.54) is 0 Å². The second-order valence-corrected chi connectivity index (χ2v) is 14.2. The van der Waals surface area contributed by atoms with Crippen LogP contribution in [0.5, 0.6) is 0 Å². The predicted molar refractivity (Wildman–Crippen MR) is 35.7 cm³/mol. The van der Waals surface area contributed by atoms with Crippen molar-refractivity contribution in [2.24, 2.45) is 0 Å². The first-order valence-electron chi connectivity index (χ1n) is 2.01. The van der Waals surface area contributed by atoms with Gasteiger partial charge in [-0.2, -0.15) is 26.3 Å². The molecule has 0 aromatic heterocycles. The summed E-state index contributed by atoms with van der Waals surface area (Å²) < 4.78 is 69.5. The summed E-state index contributed by atoms with van der Waals surface area (Å²) in [5.74, 6) is -10.5. The molecule has 0 heterocycles. The Morgan fingerprint density at radius 3 is 0.909 bits per heavy atom. The SMILES string of the molecule is FC(F)(F)[Si](Br)(Br)C(F)(F)F. The van der Waals surface area contributed by atoms with E-state index >= 15 is 0 Å². The summed E-state index contributed by atoms with van der Waals surface area (Å²) in [7, 11) is 0. The summed E-state index contributed by atoms with van der Waals surface area (Å²) in [4.78, 5) is 0. The number of halogens is 8. The molecule has 0 saturated carbocycles. The summed E-state index contributed by atoms with van der Waals surface area (Å²) in [6, 6.07) is 0. The average molecular weight is 326 g/mol. The van der Waals surface area contributed by atoms with Gasteiger partial charge in [-0.3, -0.25) is 0 Å². The van der Waals surface area contributed by atoms with Crippen LogP contribution in [0, 0.1) is 0 Å². The largest absolute Gasteiger partial charge is 0.438 e. The van der Waals surface area contributed by atoms with Crippen molar-refractivity contribution < 1.29 is 26.3 Å². The van der Waals surface area contributed by atoms with Crippen molar-refractivity contribution in [3.8, 4) is 0 Å². The zero-order valence-electron chi connectivity index (χ0n) is 4.52. The van der Waals surface area contributed by atoms with E-state index in [2.05, 4.69) is 0 Å². The van der Waals surface area contributed by atoms with Gasteiger partial charge in [-0.25, -0.2) is 0 Å². The van der Waals surface area contributed by atoms with E-state index in [-0.39, 0.29) is 0 Å². The first kappa shape index (κ1) is 11.8. The van der Waals surface area contributed by atoms with Gasteiger partial charge < -0.3 is 0 Å². The lowest BCUT2D eigenvalue weighted by atomic mass is 11.5. The van der Waals surface area contributed by atoms with Gasteiger partial charge in [-0.1, -0.05) is 30.6 Å². The van der Waals surface area contributed by atoms with Gasteiger partial charge in [0.1, 0.15) is 0 Å². The second kappa shape index (κ2) is 2.91. The molecule has 0 aliphatic heterocycles. The summed E-state index contributed by atoms with van der Waals surface area (Å²) >= 11 is 3.26. The van der Waals surface area contributed by atoms with Crippen LogP contribution in [0.1, 0.15) is 0 Å². The van der Waals surface area contributed by atoms with Crippen LogP contribution in [0.2, 0.25) is 0 Å². The molecule has 0 rings (SSSR count). The molecule has 0 aromatic carbocycles. The first-order valence-corrected chi connectivity index (χ1v) is 8.53. The fourth-order valence-electron chi connectivity index (χ4n) is 0.161. The molecule has 0 fully saturated rings. The molecule has 0 spiro atoms. The van der Waals surface area contributed by atoms with Crippen molar-refractivity contribution in [2.45, 2.75) is 11.6 Å². The molecule has 0 aromatic rings. The molecule has 0 saturated heterocycles. The van der Waals surface area contributed by atoms with Gasteiger partial charge in [-0.05, 0) is 0 Å². The van der Waals surface area contributed by atoms with Crippen molar-refractivity contribution in [2.75, 3.05) is 0 Å². The molecule has 0 amide bonds. The lowest BCUT2D eigenvalue weighted by molar-refractivity contribution is -0.0999. The van der Waals surface area contributed by atoms with Crippen LogP contribution in [0.4, 0.5) is 26.3 Å². The molecule has 0 radical (unpaired) electrons. The van der Waals surface area contributed by atoms with Crippen molar-refractivity contribution in [1.82, 2.24) is 0 Å². The molecular weight excluding hydrogens is 326 g/mol. The molecule has 0 bridgehead atoms. The number of hydrogen-bond donors (Lipinski definition) is 0. The first-order chi connectivity index (χ1) is 4.50. The minimum Gasteiger partial charge on any atom is -0.174 e. The van der Waals surface area contributed by atoms with Crippen molar-refractivity contribution in [1.29, 1.82) is 0 Å². The highest BCUT2D eigenvalue weighted by atomic mass is 79.9. The normalized spacial score (nSPS) is 15.3. The average Bonchev–Trinajstić information content (AvgIpc) is 1.58. The topological polar surface area (TPSA) is 0 Å². The van der Waals surface area contributed by atoms with Gasteiger partial charge >= 0.3 is 16.9 Å². The molecular formula is C2Br2F6Si. The smallest absolute Gasteiger partial charge is 0.174 e. The quantitative estimate of drug-likeness (QED) is 0.364. The molecule has 0 aliphatic carbocycles. The molecule has 68 valence electrons. The molecule has 0 unspecified atom stereocenters. The van der Waals surface area contributed by atoms with Crippen molar-refractivity contribution in [3.05, 3.63) is 0 Å². The van der Waals surface area contributed by atoms with Crippen LogP contribution in [0.3, 0.4) is 0 Å². The zero-order chi connectivity index (χ0) is 9.50. The fraction of sp³-hybridized carbons (Fsp3) is 1.00. The fourth-order valence-corrected chi connectivity index (χ4v) is 0.482. The summed E-state index contributed by atoms with van der Waals surface area (Å²) in [6.07, 6.45) is 0. The van der Waals surface area contributed by atoms with Gasteiger partial charge in [-0.15, -0.1) is 0 Å². The minimum absolute atomic E-state index is 1.63. The third-order valence-corrected chi connectivity index (χ3v) is 7.53. The van der Waals surface area contributed by atoms with Crippen LogP contribution in [0.15, 0.2) is 0 Å². The Balaban J connectivity index is 4.75. The van der Waals surface area contributed by atoms with E-state index in [9.17, 15) is 26.3 Å². The maximum atomic E-state index is 11.6. The highest BCUT2D eigenvalue weighted by Crippen LogP contribution is 2.48.